The molecular formula is C12H23N3O3. The van der Waals surface area contributed by atoms with Crippen LogP contribution in [-0.4, -0.2) is 63.8 Å². The molecule has 1 rings (SSSR count). The molecule has 0 radical (unpaired) electrons. The van der Waals surface area contributed by atoms with Crippen molar-refractivity contribution < 1.29 is 14.9 Å². The predicted molar refractivity (Wildman–Crippen MR) is 68.0 cm³/mol. The van der Waals surface area contributed by atoms with Gasteiger partial charge in [-0.3, -0.25) is 4.90 Å². The lowest BCUT2D eigenvalue weighted by Gasteiger charge is -2.21. The molecule has 0 saturated carbocycles. The molecule has 2 N–H and O–H groups in total. The highest BCUT2D eigenvalue weighted by molar-refractivity contribution is 4.74. The highest BCUT2D eigenvalue weighted by atomic mass is 16.6. The Morgan fingerprint density at radius 2 is 2.22 bits per heavy atom. The van der Waals surface area contributed by atoms with E-state index in [4.69, 9.17) is 14.9 Å². The minimum absolute atomic E-state index is 0.139. The van der Waals surface area contributed by atoms with E-state index < -0.39 is 6.29 Å². The molecule has 6 nitrogen and oxygen atoms in total. The molecule has 1 aromatic rings. The number of hydrogen-bond acceptors (Lipinski definition) is 5. The first-order valence-electron chi connectivity index (χ1n) is 6.31. The standard InChI is InChI=1S/C12H23N3O3/c1-12(17)18-10-8-14(7-9-16)4-2-5-15-6-3-13-11-15/h3,6,11-12,16-17H,2,4-5,7-10H2,1H3. The number of aryl methyl sites for hydroxylation is 1. The van der Waals surface area contributed by atoms with Crippen LogP contribution in [-0.2, 0) is 11.3 Å². The third-order valence-electron chi connectivity index (χ3n) is 2.63. The maximum absolute atomic E-state index is 9.00. The van der Waals surface area contributed by atoms with E-state index >= 15 is 0 Å². The van der Waals surface area contributed by atoms with E-state index in [9.17, 15) is 0 Å². The molecule has 18 heavy (non-hydrogen) atoms. The van der Waals surface area contributed by atoms with Crippen LogP contribution in [0.3, 0.4) is 0 Å². The summed E-state index contributed by atoms with van der Waals surface area (Å²) in [7, 11) is 0. The third kappa shape index (κ3) is 6.70. The van der Waals surface area contributed by atoms with Crippen LogP contribution in [0.25, 0.3) is 0 Å². The molecule has 104 valence electrons. The SMILES string of the molecule is CC(O)OCCN(CCO)CCCn1ccnc1. The van der Waals surface area contributed by atoms with Crippen molar-refractivity contribution in [3.63, 3.8) is 0 Å². The minimum atomic E-state index is -0.730. The van der Waals surface area contributed by atoms with Crippen molar-refractivity contribution in [3.8, 4) is 0 Å². The van der Waals surface area contributed by atoms with Gasteiger partial charge in [-0.05, 0) is 13.3 Å². The van der Waals surface area contributed by atoms with Crippen LogP contribution < -0.4 is 0 Å². The van der Waals surface area contributed by atoms with Gasteiger partial charge in [-0.2, -0.15) is 0 Å². The summed E-state index contributed by atoms with van der Waals surface area (Å²) >= 11 is 0. The molecular weight excluding hydrogens is 234 g/mol. The van der Waals surface area contributed by atoms with Gasteiger partial charge in [0.1, 0.15) is 0 Å². The fraction of sp³-hybridized carbons (Fsp3) is 0.750. The molecule has 0 spiro atoms. The molecule has 0 aromatic carbocycles. The summed E-state index contributed by atoms with van der Waals surface area (Å²) in [4.78, 5) is 6.11. The fourth-order valence-electron chi connectivity index (χ4n) is 1.73. The Bertz CT molecular complexity index is 291. The number of aliphatic hydroxyl groups excluding tert-OH is 2. The molecule has 6 heteroatoms. The Hall–Kier alpha value is -0.950. The molecule has 1 unspecified atom stereocenters. The number of hydrogen-bond donors (Lipinski definition) is 2. The topological polar surface area (TPSA) is 70.8 Å². The van der Waals surface area contributed by atoms with E-state index in [0.29, 0.717) is 13.2 Å². The number of aromatic nitrogens is 2. The van der Waals surface area contributed by atoms with E-state index in [1.807, 2.05) is 10.8 Å². The van der Waals surface area contributed by atoms with E-state index in [-0.39, 0.29) is 6.61 Å². The van der Waals surface area contributed by atoms with Gasteiger partial charge in [0.05, 0.1) is 19.5 Å². The number of rotatable bonds is 10. The van der Waals surface area contributed by atoms with Crippen LogP contribution in [0.15, 0.2) is 18.7 Å². The van der Waals surface area contributed by atoms with Crippen LogP contribution in [0.1, 0.15) is 13.3 Å². The second-order valence-electron chi connectivity index (χ2n) is 4.19. The van der Waals surface area contributed by atoms with E-state index in [2.05, 4.69) is 9.88 Å². The van der Waals surface area contributed by atoms with Crippen molar-refractivity contribution in [2.45, 2.75) is 26.2 Å². The Kier molecular flexibility index (Phi) is 7.59. The summed E-state index contributed by atoms with van der Waals surface area (Å²) < 4.78 is 7.12. The lowest BCUT2D eigenvalue weighted by molar-refractivity contribution is -0.0897. The first kappa shape index (κ1) is 15.1. The number of ether oxygens (including phenoxy) is 1. The first-order chi connectivity index (χ1) is 8.72. The van der Waals surface area contributed by atoms with Crippen molar-refractivity contribution in [3.05, 3.63) is 18.7 Å². The molecule has 0 fully saturated rings. The van der Waals surface area contributed by atoms with Crippen molar-refractivity contribution in [1.29, 1.82) is 0 Å². The van der Waals surface area contributed by atoms with Crippen molar-refractivity contribution in [2.75, 3.05) is 32.8 Å². The van der Waals surface area contributed by atoms with Crippen LogP contribution in [0.5, 0.6) is 0 Å². The number of imidazole rings is 1. The van der Waals surface area contributed by atoms with Crippen molar-refractivity contribution >= 4 is 0 Å². The fourth-order valence-corrected chi connectivity index (χ4v) is 1.73. The minimum Gasteiger partial charge on any atom is -0.395 e. The Balaban J connectivity index is 2.16. The molecule has 0 saturated heterocycles. The number of aliphatic hydroxyl groups is 2. The maximum Gasteiger partial charge on any atom is 0.151 e. The van der Waals surface area contributed by atoms with Crippen molar-refractivity contribution in [1.82, 2.24) is 14.5 Å². The zero-order valence-electron chi connectivity index (χ0n) is 10.9. The van der Waals surface area contributed by atoms with E-state index in [1.54, 1.807) is 19.4 Å². The molecule has 1 heterocycles. The monoisotopic (exact) mass is 257 g/mol. The normalized spacial score (nSPS) is 13.1. The number of nitrogens with zero attached hydrogens (tertiary/aromatic N) is 3. The highest BCUT2D eigenvalue weighted by Crippen LogP contribution is 1.96. The average molecular weight is 257 g/mol. The molecule has 0 aliphatic carbocycles. The molecule has 0 bridgehead atoms. The van der Waals surface area contributed by atoms with E-state index in [1.165, 1.54) is 0 Å². The van der Waals surface area contributed by atoms with Crippen LogP contribution >= 0.6 is 0 Å². The lowest BCUT2D eigenvalue weighted by atomic mass is 10.3. The van der Waals surface area contributed by atoms with Crippen LogP contribution in [0, 0.1) is 0 Å². The molecule has 0 aliphatic heterocycles. The molecule has 0 amide bonds. The first-order valence-corrected chi connectivity index (χ1v) is 6.31. The Morgan fingerprint density at radius 1 is 1.39 bits per heavy atom. The summed E-state index contributed by atoms with van der Waals surface area (Å²) in [6, 6.07) is 0. The van der Waals surface area contributed by atoms with E-state index in [0.717, 1.165) is 26.1 Å². The summed E-state index contributed by atoms with van der Waals surface area (Å²) in [5, 5.41) is 18.0. The maximum atomic E-state index is 9.00. The summed E-state index contributed by atoms with van der Waals surface area (Å²) in [5.74, 6) is 0. The van der Waals surface area contributed by atoms with Gasteiger partial charge >= 0.3 is 0 Å². The van der Waals surface area contributed by atoms with Gasteiger partial charge < -0.3 is 19.5 Å². The summed E-state index contributed by atoms with van der Waals surface area (Å²) in [6.07, 6.45) is 5.76. The Labute approximate surface area is 108 Å². The van der Waals surface area contributed by atoms with Crippen LogP contribution in [0.2, 0.25) is 0 Å². The van der Waals surface area contributed by atoms with Gasteiger partial charge in [-0.1, -0.05) is 0 Å². The van der Waals surface area contributed by atoms with Crippen LogP contribution in [0.4, 0.5) is 0 Å². The van der Waals surface area contributed by atoms with Gasteiger partial charge in [0.2, 0.25) is 0 Å². The third-order valence-corrected chi connectivity index (χ3v) is 2.63. The van der Waals surface area contributed by atoms with Gasteiger partial charge in [-0.15, -0.1) is 0 Å². The zero-order chi connectivity index (χ0) is 13.2. The molecule has 1 atom stereocenters. The predicted octanol–water partition coefficient (Wildman–Crippen LogP) is -0.0776. The van der Waals surface area contributed by atoms with Gasteiger partial charge in [0.25, 0.3) is 0 Å². The second kappa shape index (κ2) is 9.04. The van der Waals surface area contributed by atoms with Gasteiger partial charge in [-0.25, -0.2) is 4.98 Å². The lowest BCUT2D eigenvalue weighted by Crippen LogP contribution is -2.32. The van der Waals surface area contributed by atoms with Gasteiger partial charge in [0.15, 0.2) is 6.29 Å². The van der Waals surface area contributed by atoms with Gasteiger partial charge in [0, 0.05) is 38.6 Å². The smallest absolute Gasteiger partial charge is 0.151 e. The average Bonchev–Trinajstić information content (AvgIpc) is 2.81. The molecule has 1 aromatic heterocycles. The Morgan fingerprint density at radius 3 is 2.83 bits per heavy atom. The summed E-state index contributed by atoms with van der Waals surface area (Å²) in [5.41, 5.74) is 0. The quantitative estimate of drug-likeness (QED) is 0.574. The highest BCUT2D eigenvalue weighted by Gasteiger charge is 2.05. The molecule has 0 aliphatic rings. The largest absolute Gasteiger partial charge is 0.395 e. The second-order valence-corrected chi connectivity index (χ2v) is 4.19. The zero-order valence-corrected chi connectivity index (χ0v) is 10.9. The van der Waals surface area contributed by atoms with Crippen molar-refractivity contribution in [2.24, 2.45) is 0 Å². The summed E-state index contributed by atoms with van der Waals surface area (Å²) in [6.45, 7) is 5.36.